The first-order chi connectivity index (χ1) is 8.94. The molecular weight excluding hydrogens is 252 g/mol. The Morgan fingerprint density at radius 2 is 0.900 bits per heavy atom. The van der Waals surface area contributed by atoms with Crippen LogP contribution in [0.5, 0.6) is 0 Å². The molecule has 0 aliphatic carbocycles. The van der Waals surface area contributed by atoms with Crippen molar-refractivity contribution < 1.29 is 14.4 Å². The van der Waals surface area contributed by atoms with Gasteiger partial charge < -0.3 is 0 Å². The van der Waals surface area contributed by atoms with Crippen molar-refractivity contribution in [2.45, 2.75) is 80.1 Å². The van der Waals surface area contributed by atoms with Gasteiger partial charge in [0.15, 0.2) is 0 Å². The van der Waals surface area contributed by atoms with Gasteiger partial charge in [0.25, 0.3) is 0 Å². The minimum Gasteiger partial charge on any atom is -0.300 e. The molecule has 0 bridgehead atoms. The molecule has 3 nitrogen and oxygen atoms in total. The average molecular weight is 282 g/mol. The molecule has 0 N–H and O–H groups in total. The molecule has 0 rings (SSSR count). The first-order valence-corrected chi connectivity index (χ1v) is 7.53. The maximum atomic E-state index is 11.7. The van der Waals surface area contributed by atoms with Crippen molar-refractivity contribution >= 4 is 17.3 Å². The molecule has 3 heteroatoms. The summed E-state index contributed by atoms with van der Waals surface area (Å²) >= 11 is 0. The van der Waals surface area contributed by atoms with Crippen molar-refractivity contribution in [3.8, 4) is 0 Å². The highest BCUT2D eigenvalue weighted by molar-refractivity contribution is 5.85. The summed E-state index contributed by atoms with van der Waals surface area (Å²) in [6, 6.07) is 0. The van der Waals surface area contributed by atoms with Gasteiger partial charge in [-0.25, -0.2) is 0 Å². The SMILES string of the molecule is CC(C)(C)C(=O)CCCC(=O)CCCC(=O)C(C)(C)C. The van der Waals surface area contributed by atoms with Gasteiger partial charge in [-0.1, -0.05) is 41.5 Å². The van der Waals surface area contributed by atoms with Crippen LogP contribution < -0.4 is 0 Å². The quantitative estimate of drug-likeness (QED) is 0.672. The number of rotatable bonds is 8. The third-order valence-electron chi connectivity index (χ3n) is 3.39. The summed E-state index contributed by atoms with van der Waals surface area (Å²) < 4.78 is 0. The van der Waals surface area contributed by atoms with Gasteiger partial charge in [-0.3, -0.25) is 14.4 Å². The highest BCUT2D eigenvalue weighted by Crippen LogP contribution is 2.20. The van der Waals surface area contributed by atoms with E-state index in [0.717, 1.165) is 0 Å². The molecule has 0 spiro atoms. The maximum Gasteiger partial charge on any atom is 0.138 e. The predicted molar refractivity (Wildman–Crippen MR) is 81.6 cm³/mol. The molecule has 0 saturated heterocycles. The lowest BCUT2D eigenvalue weighted by Crippen LogP contribution is -2.20. The minimum absolute atomic E-state index is 0.161. The van der Waals surface area contributed by atoms with Gasteiger partial charge in [0.1, 0.15) is 17.3 Å². The van der Waals surface area contributed by atoms with Crippen LogP contribution in [0.4, 0.5) is 0 Å². The Morgan fingerprint density at radius 3 is 1.15 bits per heavy atom. The molecule has 0 saturated carbocycles. The van der Waals surface area contributed by atoms with Crippen LogP contribution in [-0.4, -0.2) is 17.3 Å². The van der Waals surface area contributed by atoms with E-state index in [9.17, 15) is 14.4 Å². The summed E-state index contributed by atoms with van der Waals surface area (Å²) in [6.07, 6.45) is 3.09. The molecule has 20 heavy (non-hydrogen) atoms. The predicted octanol–water partition coefficient (Wildman–Crippen LogP) is 4.13. The van der Waals surface area contributed by atoms with Crippen molar-refractivity contribution in [2.24, 2.45) is 10.8 Å². The lowest BCUT2D eigenvalue weighted by molar-refractivity contribution is -0.127. The van der Waals surface area contributed by atoms with Crippen LogP contribution in [0.1, 0.15) is 80.1 Å². The van der Waals surface area contributed by atoms with E-state index in [4.69, 9.17) is 0 Å². The molecule has 0 radical (unpaired) electrons. The Kier molecular flexibility index (Phi) is 7.32. The Hall–Kier alpha value is -0.990. The smallest absolute Gasteiger partial charge is 0.138 e. The second kappa shape index (κ2) is 7.70. The fraction of sp³-hybridized carbons (Fsp3) is 0.824. The molecule has 0 aromatic carbocycles. The molecule has 0 aromatic heterocycles. The zero-order chi connectivity index (χ0) is 16.0. The highest BCUT2D eigenvalue weighted by atomic mass is 16.1. The Morgan fingerprint density at radius 1 is 0.600 bits per heavy atom. The number of hydrogen-bond acceptors (Lipinski definition) is 3. The van der Waals surface area contributed by atoms with Crippen molar-refractivity contribution in [1.29, 1.82) is 0 Å². The second-order valence-corrected chi connectivity index (χ2v) is 7.59. The van der Waals surface area contributed by atoms with E-state index < -0.39 is 0 Å². The van der Waals surface area contributed by atoms with Gasteiger partial charge in [0, 0.05) is 36.5 Å². The van der Waals surface area contributed by atoms with Crippen LogP contribution >= 0.6 is 0 Å². The van der Waals surface area contributed by atoms with Gasteiger partial charge in [0.2, 0.25) is 0 Å². The molecule has 0 heterocycles. The normalized spacial score (nSPS) is 12.3. The second-order valence-electron chi connectivity index (χ2n) is 7.59. The molecule has 116 valence electrons. The van der Waals surface area contributed by atoms with Crippen LogP contribution in [-0.2, 0) is 14.4 Å². The molecule has 0 aliphatic heterocycles. The number of carbonyl (C=O) groups excluding carboxylic acids is 3. The van der Waals surface area contributed by atoms with Crippen molar-refractivity contribution in [2.75, 3.05) is 0 Å². The van der Waals surface area contributed by atoms with Crippen LogP contribution in [0.25, 0.3) is 0 Å². The summed E-state index contributed by atoms with van der Waals surface area (Å²) in [7, 11) is 0. The van der Waals surface area contributed by atoms with E-state index in [1.165, 1.54) is 0 Å². The standard InChI is InChI=1S/C17H30O3/c1-16(2,3)14(19)11-7-9-13(18)10-8-12-15(20)17(4,5)6/h7-12H2,1-6H3. The summed E-state index contributed by atoms with van der Waals surface area (Å²) in [6.45, 7) is 11.4. The molecule has 0 atom stereocenters. The summed E-state index contributed by atoms with van der Waals surface area (Å²) in [5.41, 5.74) is -0.635. The first-order valence-electron chi connectivity index (χ1n) is 7.53. The zero-order valence-corrected chi connectivity index (χ0v) is 14.0. The fourth-order valence-electron chi connectivity index (χ4n) is 1.77. The van der Waals surface area contributed by atoms with E-state index >= 15 is 0 Å². The third kappa shape index (κ3) is 8.23. The maximum absolute atomic E-state index is 11.7. The van der Waals surface area contributed by atoms with E-state index in [0.29, 0.717) is 38.5 Å². The topological polar surface area (TPSA) is 51.2 Å². The molecule has 0 amide bonds. The monoisotopic (exact) mass is 282 g/mol. The van der Waals surface area contributed by atoms with Crippen molar-refractivity contribution in [3.63, 3.8) is 0 Å². The fourth-order valence-corrected chi connectivity index (χ4v) is 1.77. The molecular formula is C17H30O3. The number of Topliss-reactive ketones (excluding diaryl/α,β-unsaturated/α-hetero) is 3. The molecule has 0 aromatic rings. The first kappa shape index (κ1) is 19.0. The van der Waals surface area contributed by atoms with Crippen LogP contribution in [0, 0.1) is 10.8 Å². The Balaban J connectivity index is 3.82. The Bertz CT molecular complexity index is 319. The summed E-state index contributed by atoms with van der Waals surface area (Å²) in [4.78, 5) is 35.1. The lowest BCUT2D eigenvalue weighted by Gasteiger charge is -2.16. The van der Waals surface area contributed by atoms with Gasteiger partial charge >= 0.3 is 0 Å². The van der Waals surface area contributed by atoms with Crippen LogP contribution in [0.3, 0.4) is 0 Å². The van der Waals surface area contributed by atoms with Gasteiger partial charge in [-0.05, 0) is 12.8 Å². The molecule has 0 fully saturated rings. The van der Waals surface area contributed by atoms with Crippen molar-refractivity contribution in [1.82, 2.24) is 0 Å². The van der Waals surface area contributed by atoms with E-state index in [2.05, 4.69) is 0 Å². The van der Waals surface area contributed by atoms with Crippen molar-refractivity contribution in [3.05, 3.63) is 0 Å². The minimum atomic E-state index is -0.317. The summed E-state index contributed by atoms with van der Waals surface area (Å²) in [5, 5.41) is 0. The van der Waals surface area contributed by atoms with Gasteiger partial charge in [-0.15, -0.1) is 0 Å². The van der Waals surface area contributed by atoms with E-state index in [1.807, 2.05) is 41.5 Å². The summed E-state index contributed by atoms with van der Waals surface area (Å²) in [5.74, 6) is 0.565. The van der Waals surface area contributed by atoms with Gasteiger partial charge in [-0.2, -0.15) is 0 Å². The number of hydrogen-bond donors (Lipinski definition) is 0. The molecule has 0 unspecified atom stereocenters. The highest BCUT2D eigenvalue weighted by Gasteiger charge is 2.21. The Labute approximate surface area is 123 Å². The average Bonchev–Trinajstić information content (AvgIpc) is 2.26. The van der Waals surface area contributed by atoms with Gasteiger partial charge in [0.05, 0.1) is 0 Å². The van der Waals surface area contributed by atoms with E-state index in [-0.39, 0.29) is 28.2 Å². The largest absolute Gasteiger partial charge is 0.300 e. The number of carbonyl (C=O) groups is 3. The van der Waals surface area contributed by atoms with Crippen LogP contribution in [0.15, 0.2) is 0 Å². The van der Waals surface area contributed by atoms with E-state index in [1.54, 1.807) is 0 Å². The third-order valence-corrected chi connectivity index (χ3v) is 3.39. The number of ketones is 3. The lowest BCUT2D eigenvalue weighted by atomic mass is 9.87. The molecule has 0 aliphatic rings. The van der Waals surface area contributed by atoms with Crippen LogP contribution in [0.2, 0.25) is 0 Å². The zero-order valence-electron chi connectivity index (χ0n) is 14.0.